The fourth-order valence-corrected chi connectivity index (χ4v) is 6.60. The number of aliphatic hydroxyl groups is 1. The normalized spacial score (nSPS) is 21.4. The summed E-state index contributed by atoms with van der Waals surface area (Å²) in [6, 6.07) is 2.79. The second-order valence-electron chi connectivity index (χ2n) is 6.98. The van der Waals surface area contributed by atoms with Crippen molar-refractivity contribution in [3.05, 3.63) is 34.5 Å². The van der Waals surface area contributed by atoms with Gasteiger partial charge in [-0.25, -0.2) is 4.79 Å². The highest BCUT2D eigenvalue weighted by atomic mass is 127. The van der Waals surface area contributed by atoms with E-state index in [1.807, 2.05) is 29.5 Å². The third-order valence-corrected chi connectivity index (χ3v) is 10.3. The SMILES string of the molecule is CC[Si](CC)(CC)O[C@](C)(/C=C/[C@H]1CC=CC(=O)O1)[C@H](O)CC(=O)/C=C\I. The van der Waals surface area contributed by atoms with Crippen LogP contribution in [0.15, 0.2) is 34.5 Å². The van der Waals surface area contributed by atoms with Crippen LogP contribution in [0.3, 0.4) is 0 Å². The van der Waals surface area contributed by atoms with Crippen molar-refractivity contribution in [1.29, 1.82) is 0 Å². The van der Waals surface area contributed by atoms with Gasteiger partial charge < -0.3 is 14.3 Å². The summed E-state index contributed by atoms with van der Waals surface area (Å²) < 4.78 is 13.5. The molecule has 3 atom stereocenters. The van der Waals surface area contributed by atoms with E-state index in [0.29, 0.717) is 6.42 Å². The Kier molecular flexibility index (Phi) is 10.1. The molecular formula is C20H31IO5Si. The Labute approximate surface area is 177 Å². The Bertz CT molecular complexity index is 589. The van der Waals surface area contributed by atoms with Crippen LogP contribution in [0.1, 0.15) is 40.5 Å². The molecule has 1 aliphatic rings. The van der Waals surface area contributed by atoms with Gasteiger partial charge in [-0.15, -0.1) is 0 Å². The maximum absolute atomic E-state index is 12.0. The van der Waals surface area contributed by atoms with Crippen molar-refractivity contribution in [2.75, 3.05) is 0 Å². The molecule has 0 saturated carbocycles. The molecule has 0 aromatic carbocycles. The summed E-state index contributed by atoms with van der Waals surface area (Å²) >= 11 is 1.98. The maximum atomic E-state index is 12.0. The van der Waals surface area contributed by atoms with Crippen molar-refractivity contribution in [3.63, 3.8) is 0 Å². The van der Waals surface area contributed by atoms with Crippen LogP contribution >= 0.6 is 22.6 Å². The average molecular weight is 506 g/mol. The lowest BCUT2D eigenvalue weighted by Crippen LogP contribution is -2.51. The Balaban J connectivity index is 3.11. The molecule has 0 amide bonds. The predicted molar refractivity (Wildman–Crippen MR) is 118 cm³/mol. The van der Waals surface area contributed by atoms with Crippen LogP contribution in [-0.2, 0) is 18.8 Å². The van der Waals surface area contributed by atoms with Gasteiger partial charge in [0.2, 0.25) is 0 Å². The number of rotatable bonds is 11. The monoisotopic (exact) mass is 506 g/mol. The minimum Gasteiger partial charge on any atom is -0.455 e. The quantitative estimate of drug-likeness (QED) is 0.147. The largest absolute Gasteiger partial charge is 0.455 e. The molecule has 0 aromatic rings. The number of halogens is 1. The van der Waals surface area contributed by atoms with E-state index in [-0.39, 0.29) is 24.3 Å². The second kappa shape index (κ2) is 11.3. The zero-order valence-corrected chi connectivity index (χ0v) is 19.8. The number of ketones is 1. The summed E-state index contributed by atoms with van der Waals surface area (Å²) in [6.45, 7) is 8.17. The highest BCUT2D eigenvalue weighted by Crippen LogP contribution is 2.32. The first kappa shape index (κ1) is 24.3. The Hall–Kier alpha value is -0.773. The maximum Gasteiger partial charge on any atom is 0.331 e. The average Bonchev–Trinajstić information content (AvgIpc) is 2.65. The molecule has 27 heavy (non-hydrogen) atoms. The van der Waals surface area contributed by atoms with Gasteiger partial charge in [0.25, 0.3) is 0 Å². The molecule has 1 rings (SSSR count). The third-order valence-electron chi connectivity index (χ3n) is 5.21. The van der Waals surface area contributed by atoms with Gasteiger partial charge in [0.1, 0.15) is 6.10 Å². The Morgan fingerprint density at radius 1 is 1.44 bits per heavy atom. The topological polar surface area (TPSA) is 72.8 Å². The van der Waals surface area contributed by atoms with Crippen LogP contribution in [0.2, 0.25) is 18.1 Å². The molecule has 0 spiro atoms. The summed E-state index contributed by atoms with van der Waals surface area (Å²) in [6.07, 6.45) is 7.37. The number of hydrogen-bond acceptors (Lipinski definition) is 5. The molecule has 152 valence electrons. The zero-order valence-electron chi connectivity index (χ0n) is 16.6. The molecule has 1 N–H and O–H groups in total. The van der Waals surface area contributed by atoms with Gasteiger partial charge in [-0.05, 0) is 41.3 Å². The first-order valence-electron chi connectivity index (χ1n) is 9.48. The number of aliphatic hydroxyl groups excluding tert-OH is 1. The van der Waals surface area contributed by atoms with Gasteiger partial charge in [-0.3, -0.25) is 4.79 Å². The minimum atomic E-state index is -2.05. The van der Waals surface area contributed by atoms with Gasteiger partial charge in [-0.1, -0.05) is 55.5 Å². The molecule has 1 aliphatic heterocycles. The number of hydrogen-bond donors (Lipinski definition) is 1. The molecule has 0 radical (unpaired) electrons. The van der Waals surface area contributed by atoms with E-state index < -0.39 is 20.0 Å². The molecule has 0 aromatic heterocycles. The lowest BCUT2D eigenvalue weighted by atomic mass is 9.93. The summed E-state index contributed by atoms with van der Waals surface area (Å²) in [5, 5.41) is 10.9. The van der Waals surface area contributed by atoms with Crippen molar-refractivity contribution < 1.29 is 23.9 Å². The molecule has 0 unspecified atom stereocenters. The van der Waals surface area contributed by atoms with Crippen molar-refractivity contribution in [1.82, 2.24) is 0 Å². The van der Waals surface area contributed by atoms with Crippen LogP contribution in [0.4, 0.5) is 0 Å². The summed E-state index contributed by atoms with van der Waals surface area (Å²) in [5.41, 5.74) is -1.02. The van der Waals surface area contributed by atoms with Gasteiger partial charge in [0, 0.05) is 18.9 Å². The first-order chi connectivity index (χ1) is 12.7. The molecule has 0 aliphatic carbocycles. The van der Waals surface area contributed by atoms with Crippen molar-refractivity contribution >= 4 is 42.7 Å². The fourth-order valence-electron chi connectivity index (χ4n) is 3.13. The molecule has 0 bridgehead atoms. The van der Waals surface area contributed by atoms with E-state index in [2.05, 4.69) is 20.8 Å². The van der Waals surface area contributed by atoms with Gasteiger partial charge in [-0.2, -0.15) is 0 Å². The minimum absolute atomic E-state index is 0.0215. The lowest BCUT2D eigenvalue weighted by Gasteiger charge is -2.41. The van der Waals surface area contributed by atoms with Crippen LogP contribution in [-0.4, -0.2) is 43.0 Å². The summed E-state index contributed by atoms with van der Waals surface area (Å²) in [5.74, 6) is -0.523. The molecule has 1 heterocycles. The van der Waals surface area contributed by atoms with Crippen LogP contribution in [0.25, 0.3) is 0 Å². The highest BCUT2D eigenvalue weighted by molar-refractivity contribution is 14.1. The van der Waals surface area contributed by atoms with E-state index in [0.717, 1.165) is 18.1 Å². The molecule has 5 nitrogen and oxygen atoms in total. The Morgan fingerprint density at radius 3 is 2.59 bits per heavy atom. The van der Waals surface area contributed by atoms with Gasteiger partial charge in [0.05, 0.1) is 11.7 Å². The van der Waals surface area contributed by atoms with Crippen LogP contribution < -0.4 is 0 Å². The number of carbonyl (C=O) groups is 2. The smallest absolute Gasteiger partial charge is 0.331 e. The van der Waals surface area contributed by atoms with Crippen molar-refractivity contribution in [3.8, 4) is 0 Å². The lowest BCUT2D eigenvalue weighted by molar-refractivity contribution is -0.141. The Morgan fingerprint density at radius 2 is 2.07 bits per heavy atom. The van der Waals surface area contributed by atoms with E-state index in [4.69, 9.17) is 9.16 Å². The summed E-state index contributed by atoms with van der Waals surface area (Å²) in [4.78, 5) is 23.5. The molecular weight excluding hydrogens is 475 g/mol. The summed E-state index contributed by atoms with van der Waals surface area (Å²) in [7, 11) is -2.05. The third kappa shape index (κ3) is 7.28. The van der Waals surface area contributed by atoms with E-state index in [9.17, 15) is 14.7 Å². The first-order valence-corrected chi connectivity index (χ1v) is 13.3. The predicted octanol–water partition coefficient (Wildman–Crippen LogP) is 4.46. The van der Waals surface area contributed by atoms with E-state index >= 15 is 0 Å². The molecule has 7 heteroatoms. The fraction of sp³-hybridized carbons (Fsp3) is 0.600. The number of carbonyl (C=O) groups excluding carboxylic acids is 2. The number of esters is 1. The van der Waals surface area contributed by atoms with Crippen molar-refractivity contribution in [2.24, 2.45) is 0 Å². The second-order valence-corrected chi connectivity index (χ2v) is 12.4. The molecule has 0 fully saturated rings. The van der Waals surface area contributed by atoms with E-state index in [1.54, 1.807) is 22.3 Å². The highest BCUT2D eigenvalue weighted by Gasteiger charge is 2.41. The van der Waals surface area contributed by atoms with Gasteiger partial charge >= 0.3 is 5.97 Å². The number of ether oxygens (including phenoxy) is 1. The molecule has 0 saturated heterocycles. The van der Waals surface area contributed by atoms with Crippen molar-refractivity contribution in [2.45, 2.75) is 76.5 Å². The van der Waals surface area contributed by atoms with Crippen LogP contribution in [0.5, 0.6) is 0 Å². The number of allylic oxidation sites excluding steroid dienone is 1. The zero-order chi connectivity index (χ0) is 20.5. The van der Waals surface area contributed by atoms with Crippen LogP contribution in [0, 0.1) is 0 Å². The standard InChI is InChI=1S/C20H31IO5Si/c1-5-27(6-2,7-3)26-20(4,18(23)15-16(22)12-14-21)13-11-17-9-8-10-19(24)25-17/h8,10-14,17-18,23H,5-7,9,15H2,1-4H3/b13-11+,14-12-/t17-,18-,20-/m1/s1. The van der Waals surface area contributed by atoms with Gasteiger partial charge in [0.15, 0.2) is 14.1 Å². The van der Waals surface area contributed by atoms with E-state index in [1.165, 1.54) is 12.2 Å². The number of cyclic esters (lactones) is 1.